The normalized spacial score (nSPS) is 14.4. The lowest BCUT2D eigenvalue weighted by Gasteiger charge is -2.10. The molecule has 2 rings (SSSR count). The maximum atomic E-state index is 10.5. The number of benzene rings is 1. The molecular formula is C12H11NO. The summed E-state index contributed by atoms with van der Waals surface area (Å²) in [6.07, 6.45) is 6.83. The third kappa shape index (κ3) is 1.74. The molecule has 2 heteroatoms. The van der Waals surface area contributed by atoms with E-state index in [0.29, 0.717) is 5.56 Å². The van der Waals surface area contributed by atoms with Gasteiger partial charge < -0.3 is 5.32 Å². The fourth-order valence-corrected chi connectivity index (χ4v) is 1.43. The van der Waals surface area contributed by atoms with Gasteiger partial charge in [0.05, 0.1) is 0 Å². The number of rotatable bonds is 2. The third-order valence-electron chi connectivity index (χ3n) is 2.22. The van der Waals surface area contributed by atoms with Gasteiger partial charge in [-0.05, 0) is 23.4 Å². The van der Waals surface area contributed by atoms with Crippen LogP contribution in [0.25, 0.3) is 5.57 Å². The minimum absolute atomic E-state index is 0.716. The van der Waals surface area contributed by atoms with E-state index in [2.05, 4.69) is 11.4 Å². The lowest BCUT2D eigenvalue weighted by atomic mass is 10.0. The van der Waals surface area contributed by atoms with Crippen LogP contribution in [0.3, 0.4) is 0 Å². The van der Waals surface area contributed by atoms with Crippen molar-refractivity contribution in [2.24, 2.45) is 0 Å². The third-order valence-corrected chi connectivity index (χ3v) is 2.22. The van der Waals surface area contributed by atoms with Crippen molar-refractivity contribution in [1.82, 2.24) is 5.32 Å². The Kier molecular flexibility index (Phi) is 2.45. The van der Waals surface area contributed by atoms with E-state index in [1.54, 1.807) is 0 Å². The summed E-state index contributed by atoms with van der Waals surface area (Å²) >= 11 is 0. The van der Waals surface area contributed by atoms with Gasteiger partial charge in [0.1, 0.15) is 6.29 Å². The van der Waals surface area contributed by atoms with E-state index in [1.807, 2.05) is 36.5 Å². The molecule has 14 heavy (non-hydrogen) atoms. The summed E-state index contributed by atoms with van der Waals surface area (Å²) < 4.78 is 0. The van der Waals surface area contributed by atoms with E-state index < -0.39 is 0 Å². The fraction of sp³-hybridized carbons (Fsp3) is 0.0833. The highest BCUT2D eigenvalue weighted by atomic mass is 16.1. The van der Waals surface area contributed by atoms with Crippen LogP contribution in [0.4, 0.5) is 0 Å². The molecule has 0 aliphatic carbocycles. The van der Waals surface area contributed by atoms with Crippen molar-refractivity contribution in [3.05, 3.63) is 53.7 Å². The minimum atomic E-state index is 0.716. The van der Waals surface area contributed by atoms with Crippen LogP contribution >= 0.6 is 0 Å². The average Bonchev–Trinajstić information content (AvgIpc) is 2.30. The minimum Gasteiger partial charge on any atom is -0.387 e. The predicted molar refractivity (Wildman–Crippen MR) is 56.9 cm³/mol. The first kappa shape index (κ1) is 8.75. The summed E-state index contributed by atoms with van der Waals surface area (Å²) in [6.45, 7) is 0.844. The quantitative estimate of drug-likeness (QED) is 0.714. The molecule has 0 saturated carbocycles. The summed E-state index contributed by atoms with van der Waals surface area (Å²) in [5.74, 6) is 0. The van der Waals surface area contributed by atoms with Crippen LogP contribution in [0.15, 0.2) is 42.6 Å². The molecule has 1 aliphatic heterocycles. The Morgan fingerprint density at radius 1 is 1.21 bits per heavy atom. The summed E-state index contributed by atoms with van der Waals surface area (Å²) in [5.41, 5.74) is 3.12. The molecule has 1 aromatic rings. The van der Waals surface area contributed by atoms with E-state index in [9.17, 15) is 4.79 Å². The van der Waals surface area contributed by atoms with Crippen LogP contribution in [0.2, 0.25) is 0 Å². The van der Waals surface area contributed by atoms with Gasteiger partial charge in [0.2, 0.25) is 0 Å². The Morgan fingerprint density at radius 2 is 2.00 bits per heavy atom. The van der Waals surface area contributed by atoms with Crippen LogP contribution in [0.1, 0.15) is 15.9 Å². The monoisotopic (exact) mass is 185 g/mol. The molecular weight excluding hydrogens is 174 g/mol. The van der Waals surface area contributed by atoms with Gasteiger partial charge in [-0.15, -0.1) is 0 Å². The molecule has 1 N–H and O–H groups in total. The fourth-order valence-electron chi connectivity index (χ4n) is 1.43. The molecule has 1 aromatic carbocycles. The molecule has 0 unspecified atom stereocenters. The zero-order chi connectivity index (χ0) is 9.80. The highest BCUT2D eigenvalue weighted by Gasteiger charge is 2.01. The number of carbonyl (C=O) groups is 1. The van der Waals surface area contributed by atoms with Gasteiger partial charge in [0, 0.05) is 12.1 Å². The largest absolute Gasteiger partial charge is 0.387 e. The number of allylic oxidation sites excluding steroid dienone is 2. The van der Waals surface area contributed by atoms with Crippen molar-refractivity contribution in [3.63, 3.8) is 0 Å². The van der Waals surface area contributed by atoms with Crippen LogP contribution < -0.4 is 5.32 Å². The first-order valence-electron chi connectivity index (χ1n) is 4.55. The standard InChI is InChI=1S/C12H11NO/c14-9-10-3-5-11(6-4-10)12-2-1-7-13-8-12/h1-7,9,13H,8H2. The Balaban J connectivity index is 2.28. The number of nitrogens with one attached hydrogen (secondary N) is 1. The molecule has 0 radical (unpaired) electrons. The van der Waals surface area contributed by atoms with Gasteiger partial charge in [-0.2, -0.15) is 0 Å². The van der Waals surface area contributed by atoms with Crippen LogP contribution in [-0.2, 0) is 0 Å². The van der Waals surface area contributed by atoms with Crippen LogP contribution in [0, 0.1) is 0 Å². The molecule has 70 valence electrons. The Labute approximate surface area is 82.9 Å². The number of carbonyl (C=O) groups excluding carboxylic acids is 1. The average molecular weight is 185 g/mol. The van der Waals surface area contributed by atoms with Gasteiger partial charge in [-0.3, -0.25) is 4.79 Å². The number of hydrogen-bond donors (Lipinski definition) is 1. The first-order chi connectivity index (χ1) is 6.90. The van der Waals surface area contributed by atoms with Gasteiger partial charge >= 0.3 is 0 Å². The Hall–Kier alpha value is -1.83. The van der Waals surface area contributed by atoms with Crippen molar-refractivity contribution < 1.29 is 4.79 Å². The summed E-state index contributed by atoms with van der Waals surface area (Å²) in [7, 11) is 0. The molecule has 0 atom stereocenters. The van der Waals surface area contributed by atoms with E-state index in [1.165, 1.54) is 5.57 Å². The summed E-state index contributed by atoms with van der Waals surface area (Å²) in [6, 6.07) is 7.61. The second kappa shape index (κ2) is 3.92. The second-order valence-electron chi connectivity index (χ2n) is 3.17. The topological polar surface area (TPSA) is 29.1 Å². The zero-order valence-electron chi connectivity index (χ0n) is 7.73. The van der Waals surface area contributed by atoms with Crippen molar-refractivity contribution in [3.8, 4) is 0 Å². The Morgan fingerprint density at radius 3 is 2.57 bits per heavy atom. The van der Waals surface area contributed by atoms with Crippen molar-refractivity contribution >= 4 is 11.9 Å². The van der Waals surface area contributed by atoms with Gasteiger partial charge in [-0.1, -0.05) is 30.3 Å². The smallest absolute Gasteiger partial charge is 0.150 e. The van der Waals surface area contributed by atoms with Crippen molar-refractivity contribution in [2.45, 2.75) is 0 Å². The van der Waals surface area contributed by atoms with E-state index >= 15 is 0 Å². The summed E-state index contributed by atoms with van der Waals surface area (Å²) in [4.78, 5) is 10.5. The maximum Gasteiger partial charge on any atom is 0.150 e. The molecule has 0 aromatic heterocycles. The first-order valence-corrected chi connectivity index (χ1v) is 4.55. The predicted octanol–water partition coefficient (Wildman–Crippen LogP) is 2.00. The van der Waals surface area contributed by atoms with Crippen molar-refractivity contribution in [2.75, 3.05) is 6.54 Å². The van der Waals surface area contributed by atoms with E-state index in [4.69, 9.17) is 0 Å². The van der Waals surface area contributed by atoms with Crippen LogP contribution in [-0.4, -0.2) is 12.8 Å². The van der Waals surface area contributed by atoms with Crippen LogP contribution in [0.5, 0.6) is 0 Å². The second-order valence-corrected chi connectivity index (χ2v) is 3.17. The summed E-state index contributed by atoms with van der Waals surface area (Å²) in [5, 5.41) is 3.14. The lowest BCUT2D eigenvalue weighted by Crippen LogP contribution is -2.11. The molecule has 0 fully saturated rings. The van der Waals surface area contributed by atoms with Gasteiger partial charge in [0.25, 0.3) is 0 Å². The lowest BCUT2D eigenvalue weighted by molar-refractivity contribution is 0.112. The maximum absolute atomic E-state index is 10.5. The Bertz CT molecular complexity index is 387. The molecule has 1 heterocycles. The van der Waals surface area contributed by atoms with E-state index in [0.717, 1.165) is 18.4 Å². The molecule has 0 bridgehead atoms. The SMILES string of the molecule is O=Cc1ccc(C2=CC=CNC2)cc1. The molecule has 0 saturated heterocycles. The molecule has 2 nitrogen and oxygen atoms in total. The van der Waals surface area contributed by atoms with Gasteiger partial charge in [0.15, 0.2) is 0 Å². The highest BCUT2D eigenvalue weighted by molar-refractivity contribution is 5.77. The van der Waals surface area contributed by atoms with Crippen molar-refractivity contribution in [1.29, 1.82) is 0 Å². The van der Waals surface area contributed by atoms with E-state index in [-0.39, 0.29) is 0 Å². The van der Waals surface area contributed by atoms with Gasteiger partial charge in [-0.25, -0.2) is 0 Å². The molecule has 0 amide bonds. The highest BCUT2D eigenvalue weighted by Crippen LogP contribution is 2.15. The zero-order valence-corrected chi connectivity index (χ0v) is 7.73. The molecule has 0 spiro atoms. The molecule has 1 aliphatic rings. The number of aldehydes is 1. The number of dihydropyridines is 1. The number of hydrogen-bond acceptors (Lipinski definition) is 2.